The zero-order valence-electron chi connectivity index (χ0n) is 29.2. The van der Waals surface area contributed by atoms with Crippen LogP contribution in [0.1, 0.15) is 129 Å². The van der Waals surface area contributed by atoms with Gasteiger partial charge in [-0.05, 0) is 68.9 Å². The second-order valence-electron chi connectivity index (χ2n) is 17.3. The highest BCUT2D eigenvalue weighted by Crippen LogP contribution is 2.72. The third kappa shape index (κ3) is 3.64. The average molecular weight is 649 g/mol. The number of benzene rings is 1. The van der Waals surface area contributed by atoms with Gasteiger partial charge in [0, 0.05) is 23.7 Å². The van der Waals surface area contributed by atoms with Gasteiger partial charge in [0.15, 0.2) is 18.0 Å². The van der Waals surface area contributed by atoms with E-state index in [1.807, 2.05) is 48.5 Å². The molecule has 0 aromatic heterocycles. The lowest BCUT2D eigenvalue weighted by Crippen LogP contribution is -2.55. The molecule has 1 aromatic carbocycles. The van der Waals surface area contributed by atoms with Crippen molar-refractivity contribution >= 4 is 29.3 Å². The van der Waals surface area contributed by atoms with E-state index in [1.165, 1.54) is 0 Å². The molecule has 9 nitrogen and oxygen atoms in total. The molecule has 2 heterocycles. The number of rotatable bonds is 5. The monoisotopic (exact) mass is 648 g/mol. The van der Waals surface area contributed by atoms with Crippen molar-refractivity contribution in [2.24, 2.45) is 38.4 Å². The second-order valence-corrected chi connectivity index (χ2v) is 17.3. The molecule has 6 aliphatic rings. The molecule has 7 rings (SSSR count). The van der Waals surface area contributed by atoms with E-state index >= 15 is 0 Å². The van der Waals surface area contributed by atoms with Gasteiger partial charge in [0.05, 0.1) is 34.5 Å². The Labute approximate surface area is 276 Å². The molecule has 0 N–H and O–H groups in total. The van der Waals surface area contributed by atoms with Crippen molar-refractivity contribution in [1.29, 1.82) is 0 Å². The van der Waals surface area contributed by atoms with Gasteiger partial charge in [-0.1, -0.05) is 48.5 Å². The number of Topliss-reactive ketones (excluding diaryl/α,β-unsaturated/α-hetero) is 3. The maximum Gasteiger partial charge on any atom is 0.313 e. The molecule has 9 heteroatoms. The molecule has 0 amide bonds. The normalized spacial score (nSPS) is 39.9. The number of esters is 2. The van der Waals surface area contributed by atoms with Crippen LogP contribution in [0.2, 0.25) is 0 Å². The van der Waals surface area contributed by atoms with Gasteiger partial charge in [0.25, 0.3) is 0 Å². The van der Waals surface area contributed by atoms with Crippen molar-refractivity contribution in [2.45, 2.75) is 125 Å². The first kappa shape index (κ1) is 32.3. The molecule has 254 valence electrons. The van der Waals surface area contributed by atoms with E-state index in [0.29, 0.717) is 49.0 Å². The Kier molecular flexibility index (Phi) is 6.51. The smallest absolute Gasteiger partial charge is 0.313 e. The van der Waals surface area contributed by atoms with Gasteiger partial charge in [-0.2, -0.15) is 0 Å². The largest absolute Gasteiger partial charge is 0.491 e. The van der Waals surface area contributed by atoms with E-state index in [-0.39, 0.29) is 48.5 Å². The summed E-state index contributed by atoms with van der Waals surface area (Å²) in [6.45, 7) is 17.4. The molecule has 1 aromatic rings. The summed E-state index contributed by atoms with van der Waals surface area (Å²) in [4.78, 5) is 69.3. The van der Waals surface area contributed by atoms with Crippen LogP contribution in [-0.4, -0.2) is 47.6 Å². The lowest BCUT2D eigenvalue weighted by molar-refractivity contribution is -0.207. The van der Waals surface area contributed by atoms with Gasteiger partial charge >= 0.3 is 11.9 Å². The van der Waals surface area contributed by atoms with E-state index in [2.05, 4.69) is 0 Å². The molecule has 2 aliphatic heterocycles. The zero-order chi connectivity index (χ0) is 34.3. The Hall–Kier alpha value is -3.23. The van der Waals surface area contributed by atoms with E-state index in [0.717, 1.165) is 0 Å². The van der Waals surface area contributed by atoms with Crippen LogP contribution < -0.4 is 9.47 Å². The van der Waals surface area contributed by atoms with Crippen molar-refractivity contribution < 1.29 is 42.9 Å². The lowest BCUT2D eigenvalue weighted by Gasteiger charge is -2.47. The highest BCUT2D eigenvalue weighted by molar-refractivity contribution is 6.02. The SMILES string of the molecule is CCC1COc2c(ccc3c2[C@@H](OC(=O)C24CCC(C)(C(=O)C2)C4(C)C)[C@@H](OC(=O)C24CCC(C)(C(=O)C2)C4(C)C)C(C)(C)O3)C1=O. The Morgan fingerprint density at radius 1 is 0.787 bits per heavy atom. The molecule has 4 bridgehead atoms. The average Bonchev–Trinajstić information content (AvgIpc) is 3.46. The van der Waals surface area contributed by atoms with Gasteiger partial charge in [0.2, 0.25) is 0 Å². The maximum atomic E-state index is 14.6. The van der Waals surface area contributed by atoms with Crippen molar-refractivity contribution in [1.82, 2.24) is 0 Å². The highest BCUT2D eigenvalue weighted by atomic mass is 16.6. The molecule has 5 unspecified atom stereocenters. The van der Waals surface area contributed by atoms with Crippen LogP contribution >= 0.6 is 0 Å². The van der Waals surface area contributed by atoms with Crippen LogP contribution in [0.5, 0.6) is 11.5 Å². The maximum absolute atomic E-state index is 14.6. The summed E-state index contributed by atoms with van der Waals surface area (Å²) in [5.41, 5.74) is -5.15. The standard InChI is InChI=1S/C38H48O9/c1-10-20-19-44-27-21(26(20)41)11-12-22-25(27)28(45-30(42)37-15-13-35(8,23(39)17-37)33(37,4)5)29(32(2,3)47-22)46-31(43)38-16-14-36(9,24(40)18-38)34(38,6)7/h11-12,20,28-29H,10,13-19H2,1-9H3/t20?,28-,29-,35?,36?,37?,38?/m1/s1. The summed E-state index contributed by atoms with van der Waals surface area (Å²) in [7, 11) is 0. The summed E-state index contributed by atoms with van der Waals surface area (Å²) in [6.07, 6.45) is 0.635. The molecule has 7 atom stereocenters. The summed E-state index contributed by atoms with van der Waals surface area (Å²) in [6, 6.07) is 3.38. The zero-order valence-corrected chi connectivity index (χ0v) is 29.2. The van der Waals surface area contributed by atoms with Gasteiger partial charge in [-0.25, -0.2) is 0 Å². The predicted octanol–water partition coefficient (Wildman–Crippen LogP) is 6.53. The minimum atomic E-state index is -1.19. The Morgan fingerprint density at radius 3 is 1.79 bits per heavy atom. The Bertz CT molecular complexity index is 1650. The van der Waals surface area contributed by atoms with Crippen LogP contribution in [0.3, 0.4) is 0 Å². The van der Waals surface area contributed by atoms with Gasteiger partial charge in [-0.3, -0.25) is 24.0 Å². The minimum Gasteiger partial charge on any atom is -0.491 e. The first-order valence-corrected chi connectivity index (χ1v) is 17.3. The van der Waals surface area contributed by atoms with Crippen LogP contribution in [0.25, 0.3) is 0 Å². The van der Waals surface area contributed by atoms with Crippen LogP contribution in [0, 0.1) is 38.4 Å². The number of fused-ring (bicyclic) bond motifs is 7. The Balaban J connectivity index is 1.34. The fraction of sp³-hybridized carbons (Fsp3) is 0.711. The Morgan fingerprint density at radius 2 is 1.32 bits per heavy atom. The number of carbonyl (C=O) groups excluding carboxylic acids is 5. The quantitative estimate of drug-likeness (QED) is 0.328. The molecule has 4 aliphatic carbocycles. The third-order valence-corrected chi connectivity index (χ3v) is 15.0. The van der Waals surface area contributed by atoms with Crippen LogP contribution in [0.15, 0.2) is 12.1 Å². The van der Waals surface area contributed by atoms with E-state index in [9.17, 15) is 24.0 Å². The number of ketones is 3. The third-order valence-electron chi connectivity index (χ3n) is 15.0. The lowest BCUT2D eigenvalue weighted by atomic mass is 9.65. The number of ether oxygens (including phenoxy) is 4. The molecule has 0 radical (unpaired) electrons. The molecular weight excluding hydrogens is 600 g/mol. The van der Waals surface area contributed by atoms with Gasteiger partial charge in [-0.15, -0.1) is 0 Å². The summed E-state index contributed by atoms with van der Waals surface area (Å²) < 4.78 is 25.9. The molecule has 0 saturated heterocycles. The minimum absolute atomic E-state index is 0.0508. The fourth-order valence-corrected chi connectivity index (χ4v) is 10.3. The summed E-state index contributed by atoms with van der Waals surface area (Å²) >= 11 is 0. The first-order chi connectivity index (χ1) is 21.7. The van der Waals surface area contributed by atoms with E-state index in [1.54, 1.807) is 26.0 Å². The summed E-state index contributed by atoms with van der Waals surface area (Å²) in [5, 5.41) is 0. The topological polar surface area (TPSA) is 122 Å². The summed E-state index contributed by atoms with van der Waals surface area (Å²) in [5.74, 6) is -0.668. The van der Waals surface area contributed by atoms with Gasteiger partial charge < -0.3 is 18.9 Å². The van der Waals surface area contributed by atoms with Crippen molar-refractivity contribution in [3.8, 4) is 11.5 Å². The number of hydrogen-bond donors (Lipinski definition) is 0. The van der Waals surface area contributed by atoms with Crippen LogP contribution in [-0.2, 0) is 28.7 Å². The predicted molar refractivity (Wildman–Crippen MR) is 170 cm³/mol. The van der Waals surface area contributed by atoms with Crippen LogP contribution in [0.4, 0.5) is 0 Å². The van der Waals surface area contributed by atoms with Crippen molar-refractivity contribution in [3.63, 3.8) is 0 Å². The molecule has 0 spiro atoms. The molecule has 4 saturated carbocycles. The fourth-order valence-electron chi connectivity index (χ4n) is 10.3. The van der Waals surface area contributed by atoms with Crippen molar-refractivity contribution in [3.05, 3.63) is 23.3 Å². The van der Waals surface area contributed by atoms with Crippen molar-refractivity contribution in [2.75, 3.05) is 6.61 Å². The van der Waals surface area contributed by atoms with E-state index < -0.39 is 62.2 Å². The number of hydrogen-bond acceptors (Lipinski definition) is 9. The van der Waals surface area contributed by atoms with Gasteiger partial charge in [0.1, 0.15) is 28.7 Å². The first-order valence-electron chi connectivity index (χ1n) is 17.3. The molecule has 47 heavy (non-hydrogen) atoms. The highest BCUT2D eigenvalue weighted by Gasteiger charge is 2.75. The number of carbonyl (C=O) groups is 5. The second kappa shape index (κ2) is 9.47. The molecular formula is C38H48O9. The molecule has 4 fully saturated rings. The van der Waals surface area contributed by atoms with E-state index in [4.69, 9.17) is 18.9 Å².